The average Bonchev–Trinajstić information content (AvgIpc) is 2.45. The minimum atomic E-state index is -0.116. The average molecular weight is 196 g/mol. The summed E-state index contributed by atoms with van der Waals surface area (Å²) in [6.45, 7) is 8.72. The maximum Gasteiger partial charge on any atom is 0.109 e. The third kappa shape index (κ3) is 2.16. The van der Waals surface area contributed by atoms with Gasteiger partial charge in [-0.1, -0.05) is 20.8 Å². The van der Waals surface area contributed by atoms with Crippen LogP contribution < -0.4 is 11.5 Å². The van der Waals surface area contributed by atoms with Crippen LogP contribution in [0.2, 0.25) is 0 Å². The van der Waals surface area contributed by atoms with Gasteiger partial charge in [-0.25, -0.2) is 0 Å². The Kier molecular flexibility index (Phi) is 3.02. The lowest BCUT2D eigenvalue weighted by molar-refractivity contribution is 0.394. The van der Waals surface area contributed by atoms with Gasteiger partial charge in [0.1, 0.15) is 11.5 Å². The van der Waals surface area contributed by atoms with Crippen LogP contribution in [0.25, 0.3) is 0 Å². The molecule has 0 spiro atoms. The normalized spacial score (nSPS) is 14.4. The van der Waals surface area contributed by atoms with Crippen molar-refractivity contribution in [1.82, 2.24) is 0 Å². The highest BCUT2D eigenvalue weighted by atomic mass is 16.3. The van der Waals surface area contributed by atoms with E-state index in [1.54, 1.807) is 0 Å². The molecule has 3 nitrogen and oxygen atoms in total. The van der Waals surface area contributed by atoms with E-state index in [1.807, 2.05) is 13.0 Å². The maximum atomic E-state index is 5.87. The molecule has 1 aromatic heterocycles. The predicted molar refractivity (Wildman–Crippen MR) is 58.1 cm³/mol. The van der Waals surface area contributed by atoms with Gasteiger partial charge in [-0.3, -0.25) is 0 Å². The van der Waals surface area contributed by atoms with Gasteiger partial charge in [-0.15, -0.1) is 0 Å². The Labute approximate surface area is 85.5 Å². The molecule has 80 valence electrons. The standard InChI is InChI=1S/C11H20N2O/c1-7-8(9(13)6-12)5-10(14-7)11(2,3)4/h5,9H,6,12-13H2,1-4H3/t9-/m0/s1. The summed E-state index contributed by atoms with van der Waals surface area (Å²) in [6.07, 6.45) is 0. The summed E-state index contributed by atoms with van der Waals surface area (Å²) in [7, 11) is 0. The van der Waals surface area contributed by atoms with E-state index in [4.69, 9.17) is 15.9 Å². The van der Waals surface area contributed by atoms with Crippen LogP contribution in [0.4, 0.5) is 0 Å². The van der Waals surface area contributed by atoms with E-state index in [0.29, 0.717) is 6.54 Å². The van der Waals surface area contributed by atoms with Crippen LogP contribution in [0.15, 0.2) is 10.5 Å². The van der Waals surface area contributed by atoms with Crippen molar-refractivity contribution in [2.24, 2.45) is 11.5 Å². The quantitative estimate of drug-likeness (QED) is 0.758. The van der Waals surface area contributed by atoms with Crippen molar-refractivity contribution in [3.05, 3.63) is 23.2 Å². The Morgan fingerprint density at radius 2 is 2.00 bits per heavy atom. The Bertz CT molecular complexity index is 310. The maximum absolute atomic E-state index is 5.87. The fourth-order valence-corrected chi connectivity index (χ4v) is 1.36. The fraction of sp³-hybridized carbons (Fsp3) is 0.636. The number of rotatable bonds is 2. The van der Waals surface area contributed by atoms with E-state index in [2.05, 4.69) is 20.8 Å². The summed E-state index contributed by atoms with van der Waals surface area (Å²) in [6, 6.07) is 1.90. The van der Waals surface area contributed by atoms with Crippen molar-refractivity contribution >= 4 is 0 Å². The highest BCUT2D eigenvalue weighted by molar-refractivity contribution is 5.27. The lowest BCUT2D eigenvalue weighted by Gasteiger charge is -2.13. The van der Waals surface area contributed by atoms with E-state index in [9.17, 15) is 0 Å². The highest BCUT2D eigenvalue weighted by Gasteiger charge is 2.21. The number of hydrogen-bond acceptors (Lipinski definition) is 3. The van der Waals surface area contributed by atoms with Gasteiger partial charge >= 0.3 is 0 Å². The molecule has 0 unspecified atom stereocenters. The summed E-state index contributed by atoms with van der Waals surface area (Å²) < 4.78 is 5.67. The Morgan fingerprint density at radius 3 is 2.36 bits per heavy atom. The Hall–Kier alpha value is -0.800. The lowest BCUT2D eigenvalue weighted by atomic mass is 9.92. The van der Waals surface area contributed by atoms with Crippen LogP contribution in [-0.2, 0) is 5.41 Å². The topological polar surface area (TPSA) is 65.2 Å². The zero-order chi connectivity index (χ0) is 10.9. The molecular formula is C11H20N2O. The summed E-state index contributed by atoms with van der Waals surface area (Å²) in [5.74, 6) is 1.85. The molecule has 1 rings (SSSR count). The largest absolute Gasteiger partial charge is 0.465 e. The van der Waals surface area contributed by atoms with E-state index >= 15 is 0 Å². The highest BCUT2D eigenvalue weighted by Crippen LogP contribution is 2.28. The molecule has 0 radical (unpaired) electrons. The number of nitrogens with two attached hydrogens (primary N) is 2. The fourth-order valence-electron chi connectivity index (χ4n) is 1.36. The van der Waals surface area contributed by atoms with Gasteiger partial charge in [0.25, 0.3) is 0 Å². The third-order valence-corrected chi connectivity index (χ3v) is 2.35. The first kappa shape index (κ1) is 11.3. The molecule has 0 fully saturated rings. The van der Waals surface area contributed by atoms with Crippen LogP contribution in [0.5, 0.6) is 0 Å². The zero-order valence-electron chi connectivity index (χ0n) is 9.42. The van der Waals surface area contributed by atoms with Crippen molar-refractivity contribution in [2.45, 2.75) is 39.2 Å². The van der Waals surface area contributed by atoms with Gasteiger partial charge < -0.3 is 15.9 Å². The van der Waals surface area contributed by atoms with Crippen molar-refractivity contribution in [1.29, 1.82) is 0 Å². The zero-order valence-corrected chi connectivity index (χ0v) is 9.42. The van der Waals surface area contributed by atoms with Crippen molar-refractivity contribution < 1.29 is 4.42 Å². The van der Waals surface area contributed by atoms with Gasteiger partial charge in [0.05, 0.1) is 0 Å². The van der Waals surface area contributed by atoms with Gasteiger partial charge in [0, 0.05) is 23.6 Å². The van der Waals surface area contributed by atoms with E-state index in [0.717, 1.165) is 17.1 Å². The first-order chi connectivity index (χ1) is 6.36. The summed E-state index contributed by atoms with van der Waals surface area (Å²) >= 11 is 0. The second-order valence-electron chi connectivity index (χ2n) is 4.71. The van der Waals surface area contributed by atoms with Gasteiger partial charge in [0.15, 0.2) is 0 Å². The smallest absolute Gasteiger partial charge is 0.109 e. The van der Waals surface area contributed by atoms with Crippen LogP contribution in [-0.4, -0.2) is 6.54 Å². The summed E-state index contributed by atoms with van der Waals surface area (Å²) in [5.41, 5.74) is 12.4. The summed E-state index contributed by atoms with van der Waals surface area (Å²) in [4.78, 5) is 0. The van der Waals surface area contributed by atoms with Crippen molar-refractivity contribution in [3.63, 3.8) is 0 Å². The number of aryl methyl sites for hydroxylation is 1. The molecule has 1 atom stereocenters. The van der Waals surface area contributed by atoms with Crippen LogP contribution in [0.3, 0.4) is 0 Å². The molecule has 14 heavy (non-hydrogen) atoms. The van der Waals surface area contributed by atoms with Gasteiger partial charge in [-0.05, 0) is 13.0 Å². The van der Waals surface area contributed by atoms with Gasteiger partial charge in [0.2, 0.25) is 0 Å². The lowest BCUT2D eigenvalue weighted by Crippen LogP contribution is -2.20. The molecule has 0 bridgehead atoms. The number of furan rings is 1. The minimum Gasteiger partial charge on any atom is -0.465 e. The van der Waals surface area contributed by atoms with E-state index < -0.39 is 0 Å². The molecule has 1 aromatic rings. The Morgan fingerprint density at radius 1 is 1.43 bits per heavy atom. The Balaban J connectivity index is 3.05. The first-order valence-electron chi connectivity index (χ1n) is 4.92. The summed E-state index contributed by atoms with van der Waals surface area (Å²) in [5, 5.41) is 0. The second-order valence-corrected chi connectivity index (χ2v) is 4.71. The molecule has 0 aliphatic heterocycles. The van der Waals surface area contributed by atoms with Crippen LogP contribution in [0.1, 0.15) is 43.9 Å². The van der Waals surface area contributed by atoms with Crippen molar-refractivity contribution in [3.8, 4) is 0 Å². The molecule has 0 aliphatic rings. The van der Waals surface area contributed by atoms with E-state index in [1.165, 1.54) is 0 Å². The first-order valence-corrected chi connectivity index (χ1v) is 4.92. The monoisotopic (exact) mass is 196 g/mol. The van der Waals surface area contributed by atoms with Crippen molar-refractivity contribution in [2.75, 3.05) is 6.54 Å². The molecule has 0 saturated carbocycles. The SMILES string of the molecule is Cc1oc(C(C)(C)C)cc1[C@@H](N)CN. The van der Waals surface area contributed by atoms with E-state index in [-0.39, 0.29) is 11.5 Å². The van der Waals surface area contributed by atoms with Crippen LogP contribution >= 0.6 is 0 Å². The molecule has 0 aliphatic carbocycles. The second kappa shape index (κ2) is 3.75. The molecule has 3 heteroatoms. The molecule has 0 aromatic carbocycles. The molecule has 4 N–H and O–H groups in total. The minimum absolute atomic E-state index is 0.0251. The number of hydrogen-bond donors (Lipinski definition) is 2. The molecule has 1 heterocycles. The van der Waals surface area contributed by atoms with Crippen LogP contribution in [0, 0.1) is 6.92 Å². The third-order valence-electron chi connectivity index (χ3n) is 2.35. The predicted octanol–water partition coefficient (Wildman–Crippen LogP) is 1.84. The molecular weight excluding hydrogens is 176 g/mol. The molecule has 0 amide bonds. The molecule has 0 saturated heterocycles. The van der Waals surface area contributed by atoms with Gasteiger partial charge in [-0.2, -0.15) is 0 Å².